The molecule has 184 valence electrons. The zero-order valence-electron chi connectivity index (χ0n) is 19.8. The van der Waals surface area contributed by atoms with Crippen LogP contribution in [0.5, 0.6) is 11.5 Å². The van der Waals surface area contributed by atoms with Crippen molar-refractivity contribution in [1.82, 2.24) is 9.55 Å². The van der Waals surface area contributed by atoms with Crippen molar-refractivity contribution in [3.05, 3.63) is 69.3 Å². The third kappa shape index (κ3) is 5.83. The molecule has 1 N–H and O–H groups in total. The maximum Gasteiger partial charge on any atom is 0.349 e. The van der Waals surface area contributed by atoms with Crippen LogP contribution in [0.15, 0.2) is 48.8 Å². The monoisotopic (exact) mass is 548 g/mol. The Hall–Kier alpha value is -2.52. The van der Waals surface area contributed by atoms with E-state index in [0.717, 1.165) is 28.5 Å². The van der Waals surface area contributed by atoms with Gasteiger partial charge in [0.25, 0.3) is 0 Å². The van der Waals surface area contributed by atoms with Crippen LogP contribution < -0.4 is 9.47 Å². The first kappa shape index (κ1) is 25.6. The van der Waals surface area contributed by atoms with Gasteiger partial charge in [-0.05, 0) is 25.1 Å². The van der Waals surface area contributed by atoms with Crippen molar-refractivity contribution in [2.45, 2.75) is 38.7 Å². The number of hydrogen-bond acceptors (Lipinski definition) is 5. The average molecular weight is 550 g/mol. The molecule has 4 rings (SSSR count). The molecule has 0 saturated heterocycles. The predicted molar refractivity (Wildman–Crippen MR) is 145 cm³/mol. The number of thiophene rings is 1. The highest BCUT2D eigenvalue weighted by Crippen LogP contribution is 2.38. The highest BCUT2D eigenvalue weighted by atomic mass is 35.5. The van der Waals surface area contributed by atoms with E-state index < -0.39 is 20.1 Å². The number of carbonyl (C=O) groups is 1. The number of nitrogens with zero attached hydrogens (tertiary/aromatic N) is 2. The molecule has 0 bridgehead atoms. The molecule has 10 heteroatoms. The van der Waals surface area contributed by atoms with Gasteiger partial charge in [0.2, 0.25) is 0 Å². The van der Waals surface area contributed by atoms with E-state index in [1.54, 1.807) is 29.1 Å². The molecule has 0 aliphatic heterocycles. The van der Waals surface area contributed by atoms with Crippen LogP contribution in [0.25, 0.3) is 16.0 Å². The molecule has 0 saturated carbocycles. The lowest BCUT2D eigenvalue weighted by Crippen LogP contribution is -2.22. The summed E-state index contributed by atoms with van der Waals surface area (Å²) in [6.45, 7) is 9.33. The van der Waals surface area contributed by atoms with Gasteiger partial charge in [-0.2, -0.15) is 0 Å². The van der Waals surface area contributed by atoms with Crippen LogP contribution in [-0.4, -0.2) is 35.3 Å². The van der Waals surface area contributed by atoms with Crippen molar-refractivity contribution < 1.29 is 19.4 Å². The Morgan fingerprint density at radius 2 is 1.89 bits per heavy atom. The topological polar surface area (TPSA) is 73.6 Å². The number of imidazole rings is 1. The third-order valence-corrected chi connectivity index (χ3v) is 8.92. The summed E-state index contributed by atoms with van der Waals surface area (Å²) in [6.07, 6.45) is 1.21. The van der Waals surface area contributed by atoms with Gasteiger partial charge in [-0.3, -0.25) is 4.57 Å². The van der Waals surface area contributed by atoms with E-state index in [1.807, 2.05) is 31.2 Å². The SMILES string of the molecule is C[C@@H](Oc1cc(-n2cnc3cc(OCC[Si](C)(C)C)c(Cl)cc32)sc1C(=O)O)c1ccccc1Cl. The molecule has 0 aliphatic carbocycles. The lowest BCUT2D eigenvalue weighted by molar-refractivity contribution is 0.0696. The maximum absolute atomic E-state index is 12.0. The van der Waals surface area contributed by atoms with E-state index in [2.05, 4.69) is 24.6 Å². The Bertz CT molecular complexity index is 1380. The smallest absolute Gasteiger partial charge is 0.349 e. The second kappa shape index (κ2) is 10.2. The first-order valence-corrected chi connectivity index (χ1v) is 16.4. The van der Waals surface area contributed by atoms with E-state index in [1.165, 1.54) is 0 Å². The highest BCUT2D eigenvalue weighted by Gasteiger charge is 2.22. The summed E-state index contributed by atoms with van der Waals surface area (Å²) in [4.78, 5) is 16.6. The zero-order valence-corrected chi connectivity index (χ0v) is 23.2. The molecule has 4 aromatic rings. The molecule has 2 aromatic heterocycles. The maximum atomic E-state index is 12.0. The molecule has 2 aromatic carbocycles. The number of aromatic carboxylic acids is 1. The average Bonchev–Trinajstić information content (AvgIpc) is 3.37. The van der Waals surface area contributed by atoms with Crippen molar-refractivity contribution in [3.63, 3.8) is 0 Å². The lowest BCUT2D eigenvalue weighted by Gasteiger charge is -2.16. The van der Waals surface area contributed by atoms with Gasteiger partial charge in [-0.25, -0.2) is 9.78 Å². The van der Waals surface area contributed by atoms with Crippen molar-refractivity contribution >= 4 is 59.6 Å². The van der Waals surface area contributed by atoms with Crippen LogP contribution in [-0.2, 0) is 0 Å². The molecule has 0 aliphatic rings. The Morgan fingerprint density at radius 1 is 1.14 bits per heavy atom. The minimum Gasteiger partial charge on any atom is -0.492 e. The van der Waals surface area contributed by atoms with Crippen LogP contribution >= 0.6 is 34.5 Å². The summed E-state index contributed by atoms with van der Waals surface area (Å²) in [5.41, 5.74) is 2.23. The number of ether oxygens (including phenoxy) is 2. The summed E-state index contributed by atoms with van der Waals surface area (Å²) >= 11 is 13.9. The standard InChI is InChI=1S/C25H26Cl2N2O4SSi/c1-15(16-7-5-6-8-17(16)26)33-22-13-23(34-24(22)25(30)31)29-14-28-19-12-21(18(27)11-20(19)29)32-9-10-35(2,3)4/h5-8,11-15H,9-10H2,1-4H3,(H,30,31)/t15-/m1/s1. The number of hydrogen-bond donors (Lipinski definition) is 1. The van der Waals surface area contributed by atoms with Crippen LogP contribution in [0.4, 0.5) is 0 Å². The summed E-state index contributed by atoms with van der Waals surface area (Å²) in [7, 11) is -1.22. The zero-order chi connectivity index (χ0) is 25.3. The van der Waals surface area contributed by atoms with Crippen LogP contribution in [0.1, 0.15) is 28.3 Å². The van der Waals surface area contributed by atoms with Crippen LogP contribution in [0.3, 0.4) is 0 Å². The van der Waals surface area contributed by atoms with E-state index in [0.29, 0.717) is 32.9 Å². The molecular weight excluding hydrogens is 523 g/mol. The van der Waals surface area contributed by atoms with Gasteiger partial charge in [-0.1, -0.05) is 61.0 Å². The molecule has 0 amide bonds. The normalized spacial score (nSPS) is 12.6. The molecule has 2 heterocycles. The molecule has 35 heavy (non-hydrogen) atoms. The Kier molecular flexibility index (Phi) is 7.47. The largest absolute Gasteiger partial charge is 0.492 e. The Balaban J connectivity index is 1.64. The lowest BCUT2D eigenvalue weighted by atomic mass is 10.1. The second-order valence-corrected chi connectivity index (χ2v) is 16.9. The first-order valence-electron chi connectivity index (χ1n) is 11.1. The molecule has 1 atom stereocenters. The van der Waals surface area contributed by atoms with Crippen molar-refractivity contribution in [2.75, 3.05) is 6.61 Å². The van der Waals surface area contributed by atoms with Crippen molar-refractivity contribution in [2.24, 2.45) is 0 Å². The molecule has 0 fully saturated rings. The Labute approximate surface area is 219 Å². The summed E-state index contributed by atoms with van der Waals surface area (Å²) in [5.74, 6) is -0.204. The number of aromatic nitrogens is 2. The van der Waals surface area contributed by atoms with Gasteiger partial charge in [0, 0.05) is 30.8 Å². The summed E-state index contributed by atoms with van der Waals surface area (Å²) < 4.78 is 13.8. The van der Waals surface area contributed by atoms with E-state index in [9.17, 15) is 9.90 Å². The van der Waals surface area contributed by atoms with Gasteiger partial charge in [0.1, 0.15) is 28.9 Å². The molecule has 6 nitrogen and oxygen atoms in total. The van der Waals surface area contributed by atoms with E-state index >= 15 is 0 Å². The number of fused-ring (bicyclic) bond motifs is 1. The number of carboxylic acids is 1. The minimum atomic E-state index is -1.22. The first-order chi connectivity index (χ1) is 16.5. The van der Waals surface area contributed by atoms with Crippen LogP contribution in [0, 0.1) is 0 Å². The third-order valence-electron chi connectivity index (χ3n) is 5.47. The number of rotatable bonds is 9. The van der Waals surface area contributed by atoms with Crippen LogP contribution in [0.2, 0.25) is 35.7 Å². The van der Waals surface area contributed by atoms with Gasteiger partial charge in [0.15, 0.2) is 4.88 Å². The molecule has 0 unspecified atom stereocenters. The number of benzene rings is 2. The number of carboxylic acid groups (broad SMARTS) is 1. The molecular formula is C25H26Cl2N2O4SSi. The number of halogens is 2. The quantitative estimate of drug-likeness (QED) is 0.215. The fourth-order valence-corrected chi connectivity index (χ4v) is 5.67. The molecule has 0 radical (unpaired) electrons. The summed E-state index contributed by atoms with van der Waals surface area (Å²) in [5, 5.41) is 11.5. The van der Waals surface area contributed by atoms with E-state index in [-0.39, 0.29) is 10.6 Å². The van der Waals surface area contributed by atoms with Gasteiger partial charge >= 0.3 is 5.97 Å². The predicted octanol–water partition coefficient (Wildman–Crippen LogP) is 7.95. The van der Waals surface area contributed by atoms with Gasteiger partial charge in [0.05, 0.1) is 22.7 Å². The van der Waals surface area contributed by atoms with Crippen molar-refractivity contribution in [3.8, 4) is 16.5 Å². The fraction of sp³-hybridized carbons (Fsp3) is 0.280. The van der Waals surface area contributed by atoms with Gasteiger partial charge in [-0.15, -0.1) is 11.3 Å². The highest BCUT2D eigenvalue weighted by molar-refractivity contribution is 7.16. The summed E-state index contributed by atoms with van der Waals surface area (Å²) in [6, 6.07) is 13.7. The second-order valence-electron chi connectivity index (χ2n) is 9.41. The minimum absolute atomic E-state index is 0.0955. The van der Waals surface area contributed by atoms with Gasteiger partial charge < -0.3 is 14.6 Å². The van der Waals surface area contributed by atoms with Crippen molar-refractivity contribution in [1.29, 1.82) is 0 Å². The van der Waals surface area contributed by atoms with E-state index in [4.69, 9.17) is 32.7 Å². The molecule has 0 spiro atoms. The Morgan fingerprint density at radius 3 is 2.57 bits per heavy atom. The fourth-order valence-electron chi connectivity index (χ4n) is 3.54.